The summed E-state index contributed by atoms with van der Waals surface area (Å²) in [7, 11) is 0. The van der Waals surface area contributed by atoms with Gasteiger partial charge in [-0.1, -0.05) is 72.8 Å². The maximum absolute atomic E-state index is 13.3. The fourth-order valence-electron chi connectivity index (χ4n) is 2.77. The Bertz CT molecular complexity index is 865. The molecule has 0 aliphatic rings. The molecule has 3 aromatic rings. The quantitative estimate of drug-likeness (QED) is 0.459. The lowest BCUT2D eigenvalue weighted by atomic mass is 10.0. The Hall–Kier alpha value is -3.27. The van der Waals surface area contributed by atoms with Crippen LogP contribution in [-0.4, -0.2) is 18.3 Å². The van der Waals surface area contributed by atoms with Gasteiger partial charge in [-0.15, -0.1) is 0 Å². The summed E-state index contributed by atoms with van der Waals surface area (Å²) in [6, 6.07) is 24.2. The summed E-state index contributed by atoms with van der Waals surface area (Å²) in [5, 5.41) is 0. The summed E-state index contributed by atoms with van der Waals surface area (Å²) in [4.78, 5) is 17.4. The van der Waals surface area contributed by atoms with Crippen LogP contribution in [0.1, 0.15) is 29.7 Å². The molecule has 4 heteroatoms. The number of benzene rings is 3. The van der Waals surface area contributed by atoms with Gasteiger partial charge >= 0.3 is 5.97 Å². The Labute approximate surface area is 158 Å². The Morgan fingerprint density at radius 1 is 0.889 bits per heavy atom. The molecule has 0 bridgehead atoms. The van der Waals surface area contributed by atoms with Gasteiger partial charge in [0.2, 0.25) is 0 Å². The number of carbonyl (C=O) groups is 1. The molecule has 0 aliphatic carbocycles. The van der Waals surface area contributed by atoms with Gasteiger partial charge in [-0.25, -0.2) is 9.18 Å². The number of rotatable bonds is 6. The van der Waals surface area contributed by atoms with E-state index in [1.165, 1.54) is 12.1 Å². The Morgan fingerprint density at radius 2 is 1.41 bits per heavy atom. The monoisotopic (exact) mass is 361 g/mol. The lowest BCUT2D eigenvalue weighted by molar-refractivity contribution is -0.144. The van der Waals surface area contributed by atoms with Gasteiger partial charge in [0.1, 0.15) is 5.82 Å². The molecule has 3 rings (SSSR count). The van der Waals surface area contributed by atoms with Gasteiger partial charge < -0.3 is 4.74 Å². The highest BCUT2D eigenvalue weighted by Gasteiger charge is 2.23. The van der Waals surface area contributed by atoms with Crippen LogP contribution in [0.15, 0.2) is 89.9 Å². The number of hydrogen-bond acceptors (Lipinski definition) is 3. The molecule has 0 aromatic heterocycles. The Kier molecular flexibility index (Phi) is 6.10. The van der Waals surface area contributed by atoms with E-state index in [0.717, 1.165) is 11.1 Å². The van der Waals surface area contributed by atoms with Crippen molar-refractivity contribution >= 4 is 11.7 Å². The fourth-order valence-corrected chi connectivity index (χ4v) is 2.77. The van der Waals surface area contributed by atoms with Crippen LogP contribution >= 0.6 is 0 Å². The van der Waals surface area contributed by atoms with Crippen LogP contribution in [0.4, 0.5) is 4.39 Å². The van der Waals surface area contributed by atoms with E-state index in [4.69, 9.17) is 9.73 Å². The number of hydrogen-bond donors (Lipinski definition) is 0. The van der Waals surface area contributed by atoms with Gasteiger partial charge in [-0.05, 0) is 24.6 Å². The number of halogens is 1. The minimum absolute atomic E-state index is 0.248. The van der Waals surface area contributed by atoms with E-state index in [1.807, 2.05) is 60.7 Å². The first-order valence-corrected chi connectivity index (χ1v) is 8.79. The molecule has 0 fully saturated rings. The van der Waals surface area contributed by atoms with E-state index < -0.39 is 12.0 Å². The first-order chi connectivity index (χ1) is 13.2. The normalized spacial score (nSPS) is 11.5. The van der Waals surface area contributed by atoms with E-state index in [2.05, 4.69) is 0 Å². The summed E-state index contributed by atoms with van der Waals surface area (Å²) in [5.74, 6) is -0.829. The summed E-state index contributed by atoms with van der Waals surface area (Å²) in [6.07, 6.45) is 0. The molecular weight excluding hydrogens is 341 g/mol. The zero-order valence-electron chi connectivity index (χ0n) is 15.0. The second-order valence-corrected chi connectivity index (χ2v) is 5.92. The molecule has 1 unspecified atom stereocenters. The summed E-state index contributed by atoms with van der Waals surface area (Å²) in [5.41, 5.74) is 3.04. The third-order valence-corrected chi connectivity index (χ3v) is 4.05. The zero-order valence-corrected chi connectivity index (χ0v) is 15.0. The van der Waals surface area contributed by atoms with Crippen molar-refractivity contribution in [2.24, 2.45) is 4.99 Å². The second-order valence-electron chi connectivity index (χ2n) is 5.92. The lowest BCUT2D eigenvalue weighted by Crippen LogP contribution is -2.17. The smallest absolute Gasteiger partial charge is 0.335 e. The zero-order chi connectivity index (χ0) is 19.1. The molecule has 3 nitrogen and oxygen atoms in total. The molecule has 0 spiro atoms. The highest BCUT2D eigenvalue weighted by molar-refractivity contribution is 6.13. The van der Waals surface area contributed by atoms with Crippen LogP contribution in [0.2, 0.25) is 0 Å². The van der Waals surface area contributed by atoms with Crippen LogP contribution in [-0.2, 0) is 9.53 Å². The molecule has 0 N–H and O–H groups in total. The Morgan fingerprint density at radius 3 is 1.89 bits per heavy atom. The molecule has 0 saturated heterocycles. The van der Waals surface area contributed by atoms with E-state index >= 15 is 0 Å². The van der Waals surface area contributed by atoms with Crippen molar-refractivity contribution in [3.8, 4) is 0 Å². The van der Waals surface area contributed by atoms with Crippen LogP contribution in [0.3, 0.4) is 0 Å². The van der Waals surface area contributed by atoms with E-state index in [0.29, 0.717) is 11.3 Å². The van der Waals surface area contributed by atoms with E-state index in [1.54, 1.807) is 19.1 Å². The molecular formula is C23H20FNO2. The van der Waals surface area contributed by atoms with Crippen molar-refractivity contribution < 1.29 is 13.9 Å². The summed E-state index contributed by atoms with van der Waals surface area (Å²) >= 11 is 0. The predicted molar refractivity (Wildman–Crippen MR) is 104 cm³/mol. The van der Waals surface area contributed by atoms with Crippen molar-refractivity contribution in [3.63, 3.8) is 0 Å². The maximum Gasteiger partial charge on any atom is 0.335 e. The number of ether oxygens (including phenoxy) is 1. The average molecular weight is 361 g/mol. The van der Waals surface area contributed by atoms with Crippen molar-refractivity contribution in [2.45, 2.75) is 13.0 Å². The van der Waals surface area contributed by atoms with Crippen LogP contribution in [0.5, 0.6) is 0 Å². The first-order valence-electron chi connectivity index (χ1n) is 8.79. The van der Waals surface area contributed by atoms with Gasteiger partial charge in [0.05, 0.1) is 12.3 Å². The Balaban J connectivity index is 2.13. The van der Waals surface area contributed by atoms with Crippen molar-refractivity contribution in [3.05, 3.63) is 107 Å². The second kappa shape index (κ2) is 8.90. The van der Waals surface area contributed by atoms with Gasteiger partial charge in [-0.2, -0.15) is 0 Å². The molecule has 1 atom stereocenters. The van der Waals surface area contributed by atoms with Gasteiger partial charge in [0.25, 0.3) is 0 Å². The van der Waals surface area contributed by atoms with Crippen LogP contribution in [0, 0.1) is 5.82 Å². The molecule has 136 valence electrons. The highest BCUT2D eigenvalue weighted by Crippen LogP contribution is 2.23. The van der Waals surface area contributed by atoms with Crippen molar-refractivity contribution in [1.82, 2.24) is 0 Å². The number of esters is 1. The number of nitrogens with zero attached hydrogens (tertiary/aromatic N) is 1. The van der Waals surface area contributed by atoms with Crippen LogP contribution in [0.25, 0.3) is 0 Å². The molecule has 0 radical (unpaired) electrons. The number of carbonyl (C=O) groups excluding carboxylic acids is 1. The van der Waals surface area contributed by atoms with Gasteiger partial charge in [0.15, 0.2) is 6.04 Å². The van der Waals surface area contributed by atoms with Gasteiger partial charge in [-0.3, -0.25) is 4.99 Å². The third kappa shape index (κ3) is 4.67. The minimum atomic E-state index is -0.874. The summed E-state index contributed by atoms with van der Waals surface area (Å²) in [6.45, 7) is 2.00. The van der Waals surface area contributed by atoms with Gasteiger partial charge in [0, 0.05) is 11.1 Å². The molecule has 3 aromatic carbocycles. The fraction of sp³-hybridized carbons (Fsp3) is 0.130. The third-order valence-electron chi connectivity index (χ3n) is 4.05. The largest absolute Gasteiger partial charge is 0.464 e. The number of aliphatic imine (C=N–C) groups is 1. The summed E-state index contributed by atoms with van der Waals surface area (Å²) < 4.78 is 18.6. The highest BCUT2D eigenvalue weighted by atomic mass is 19.1. The van der Waals surface area contributed by atoms with E-state index in [9.17, 15) is 9.18 Å². The topological polar surface area (TPSA) is 38.7 Å². The van der Waals surface area contributed by atoms with E-state index in [-0.39, 0.29) is 12.4 Å². The maximum atomic E-state index is 13.3. The standard InChI is InChI=1S/C23H20FNO2/c1-2-27-23(26)22(19-13-15-20(24)16-14-19)25-21(17-9-5-3-6-10-17)18-11-7-4-8-12-18/h3-16,22H,2H2,1H3. The molecule has 0 heterocycles. The van der Waals surface area contributed by atoms with Crippen molar-refractivity contribution in [2.75, 3.05) is 6.61 Å². The average Bonchev–Trinajstić information content (AvgIpc) is 2.71. The lowest BCUT2D eigenvalue weighted by Gasteiger charge is -2.15. The van der Waals surface area contributed by atoms with Crippen molar-refractivity contribution in [1.29, 1.82) is 0 Å². The SMILES string of the molecule is CCOC(=O)C(N=C(c1ccccc1)c1ccccc1)c1ccc(F)cc1. The molecule has 0 amide bonds. The minimum Gasteiger partial charge on any atom is -0.464 e. The molecule has 0 saturated carbocycles. The first kappa shape index (κ1) is 18.5. The predicted octanol–water partition coefficient (Wildman–Crippen LogP) is 4.97. The molecule has 27 heavy (non-hydrogen) atoms. The molecule has 0 aliphatic heterocycles. The van der Waals surface area contributed by atoms with Crippen LogP contribution < -0.4 is 0 Å².